The molecule has 1 heterocycles. The van der Waals surface area contributed by atoms with Crippen LogP contribution in [0.3, 0.4) is 0 Å². The Kier molecular flexibility index (Phi) is 4.29. The van der Waals surface area contributed by atoms with Gasteiger partial charge in [-0.25, -0.2) is 4.98 Å². The number of rotatable bonds is 5. The Bertz CT molecular complexity index is 591. The van der Waals surface area contributed by atoms with Gasteiger partial charge in [-0.1, -0.05) is 0 Å². The smallest absolute Gasteiger partial charge is 0.161 e. The molecule has 2 rings (SSSR count). The van der Waals surface area contributed by atoms with Gasteiger partial charge in [-0.05, 0) is 32.0 Å². The van der Waals surface area contributed by atoms with Gasteiger partial charge >= 0.3 is 0 Å². The number of benzene rings is 1. The van der Waals surface area contributed by atoms with Crippen molar-refractivity contribution in [2.75, 3.05) is 13.7 Å². The molecule has 0 aliphatic rings. The van der Waals surface area contributed by atoms with Crippen LogP contribution in [0.4, 0.5) is 0 Å². The van der Waals surface area contributed by atoms with Gasteiger partial charge in [0.15, 0.2) is 11.5 Å². The quantitative estimate of drug-likeness (QED) is 0.910. The van der Waals surface area contributed by atoms with E-state index in [1.54, 1.807) is 7.11 Å². The van der Waals surface area contributed by atoms with Gasteiger partial charge in [-0.15, -0.1) is 0 Å². The number of hydrogen-bond donors (Lipinski definition) is 1. The zero-order valence-electron chi connectivity index (χ0n) is 12.4. The molecule has 5 heteroatoms. The molecule has 1 atom stereocenters. The summed E-state index contributed by atoms with van der Waals surface area (Å²) >= 11 is 0. The van der Waals surface area contributed by atoms with Crippen LogP contribution in [0.15, 0.2) is 24.4 Å². The Hall–Kier alpha value is -2.01. The standard InChI is InChI=1S/C15H21N3O2/c1-5-20-14-8-11(6-7-13(14)19-4)15-17-9-12(10(2)16)18(15)3/h6-10H,5,16H2,1-4H3. The van der Waals surface area contributed by atoms with Crippen LogP contribution in [0.1, 0.15) is 25.6 Å². The number of nitrogens with two attached hydrogens (primary N) is 1. The fraction of sp³-hybridized carbons (Fsp3) is 0.400. The summed E-state index contributed by atoms with van der Waals surface area (Å²) in [5, 5.41) is 0. The molecule has 1 aromatic carbocycles. The maximum absolute atomic E-state index is 5.92. The maximum Gasteiger partial charge on any atom is 0.161 e. The van der Waals surface area contributed by atoms with Gasteiger partial charge in [0.1, 0.15) is 5.82 Å². The minimum atomic E-state index is -0.0501. The van der Waals surface area contributed by atoms with E-state index in [0.717, 1.165) is 28.6 Å². The first kappa shape index (κ1) is 14.4. The molecule has 0 aliphatic heterocycles. The van der Waals surface area contributed by atoms with Gasteiger partial charge in [0.2, 0.25) is 0 Å². The molecular weight excluding hydrogens is 254 g/mol. The van der Waals surface area contributed by atoms with Crippen molar-refractivity contribution in [3.63, 3.8) is 0 Å². The van der Waals surface area contributed by atoms with Crippen LogP contribution in [-0.4, -0.2) is 23.3 Å². The summed E-state index contributed by atoms with van der Waals surface area (Å²) in [6.07, 6.45) is 1.81. The Labute approximate surface area is 119 Å². The lowest BCUT2D eigenvalue weighted by atomic mass is 10.2. The fourth-order valence-electron chi connectivity index (χ4n) is 2.20. The van der Waals surface area contributed by atoms with E-state index in [2.05, 4.69) is 4.98 Å². The molecule has 1 unspecified atom stereocenters. The number of nitrogens with zero attached hydrogens (tertiary/aromatic N) is 2. The van der Waals surface area contributed by atoms with Crippen molar-refractivity contribution in [1.29, 1.82) is 0 Å². The average molecular weight is 275 g/mol. The fourth-order valence-corrected chi connectivity index (χ4v) is 2.20. The Morgan fingerprint density at radius 2 is 2.10 bits per heavy atom. The second kappa shape index (κ2) is 5.96. The third-order valence-electron chi connectivity index (χ3n) is 3.21. The second-order valence-electron chi connectivity index (χ2n) is 4.65. The molecule has 2 aromatic rings. The first-order chi connectivity index (χ1) is 9.58. The molecule has 0 aliphatic carbocycles. The van der Waals surface area contributed by atoms with Crippen LogP contribution in [-0.2, 0) is 7.05 Å². The maximum atomic E-state index is 5.92. The lowest BCUT2D eigenvalue weighted by molar-refractivity contribution is 0.311. The molecule has 0 saturated heterocycles. The van der Waals surface area contributed by atoms with Crippen molar-refractivity contribution < 1.29 is 9.47 Å². The normalized spacial score (nSPS) is 12.2. The number of hydrogen-bond acceptors (Lipinski definition) is 4. The molecule has 5 nitrogen and oxygen atoms in total. The Balaban J connectivity index is 2.45. The average Bonchev–Trinajstić information content (AvgIpc) is 2.81. The van der Waals surface area contributed by atoms with Crippen LogP contribution in [0, 0.1) is 0 Å². The number of imidazole rings is 1. The van der Waals surface area contributed by atoms with Gasteiger partial charge in [-0.3, -0.25) is 0 Å². The zero-order valence-corrected chi connectivity index (χ0v) is 12.4. The highest BCUT2D eigenvalue weighted by Gasteiger charge is 2.13. The van der Waals surface area contributed by atoms with Crippen LogP contribution in [0.5, 0.6) is 11.5 Å². The predicted molar refractivity (Wildman–Crippen MR) is 79.0 cm³/mol. The molecule has 0 spiro atoms. The topological polar surface area (TPSA) is 62.3 Å². The molecular formula is C15H21N3O2. The van der Waals surface area contributed by atoms with Crippen LogP contribution < -0.4 is 15.2 Å². The molecule has 108 valence electrons. The minimum Gasteiger partial charge on any atom is -0.493 e. The summed E-state index contributed by atoms with van der Waals surface area (Å²) in [6.45, 7) is 4.48. The summed E-state index contributed by atoms with van der Waals surface area (Å²) in [7, 11) is 3.60. The van der Waals surface area contributed by atoms with Gasteiger partial charge < -0.3 is 19.8 Å². The van der Waals surface area contributed by atoms with E-state index in [0.29, 0.717) is 6.61 Å². The van der Waals surface area contributed by atoms with Gasteiger partial charge in [0.25, 0.3) is 0 Å². The zero-order chi connectivity index (χ0) is 14.7. The molecule has 20 heavy (non-hydrogen) atoms. The van der Waals surface area contributed by atoms with E-state index in [4.69, 9.17) is 15.2 Å². The first-order valence-electron chi connectivity index (χ1n) is 6.66. The lowest BCUT2D eigenvalue weighted by Crippen LogP contribution is -2.10. The molecule has 0 radical (unpaired) electrons. The van der Waals surface area contributed by atoms with E-state index in [1.165, 1.54) is 0 Å². The highest BCUT2D eigenvalue weighted by Crippen LogP contribution is 2.32. The van der Waals surface area contributed by atoms with Crippen LogP contribution in [0.2, 0.25) is 0 Å². The third kappa shape index (κ3) is 2.63. The number of methoxy groups -OCH3 is 1. The molecule has 0 amide bonds. The lowest BCUT2D eigenvalue weighted by Gasteiger charge is -2.12. The second-order valence-corrected chi connectivity index (χ2v) is 4.65. The Morgan fingerprint density at radius 1 is 1.35 bits per heavy atom. The summed E-state index contributed by atoms with van der Waals surface area (Å²) in [5.41, 5.74) is 7.89. The van der Waals surface area contributed by atoms with Crippen molar-refractivity contribution >= 4 is 0 Å². The third-order valence-corrected chi connectivity index (χ3v) is 3.21. The van der Waals surface area contributed by atoms with E-state index in [9.17, 15) is 0 Å². The van der Waals surface area contributed by atoms with Crippen LogP contribution >= 0.6 is 0 Å². The van der Waals surface area contributed by atoms with E-state index in [-0.39, 0.29) is 6.04 Å². The van der Waals surface area contributed by atoms with E-state index >= 15 is 0 Å². The van der Waals surface area contributed by atoms with E-state index < -0.39 is 0 Å². The summed E-state index contributed by atoms with van der Waals surface area (Å²) in [5.74, 6) is 2.30. The Morgan fingerprint density at radius 3 is 2.65 bits per heavy atom. The van der Waals surface area contributed by atoms with Crippen molar-refractivity contribution in [3.05, 3.63) is 30.1 Å². The minimum absolute atomic E-state index is 0.0501. The SMILES string of the molecule is CCOc1cc(-c2ncc(C(C)N)n2C)ccc1OC. The number of ether oxygens (including phenoxy) is 2. The first-order valence-corrected chi connectivity index (χ1v) is 6.66. The molecule has 0 fully saturated rings. The van der Waals surface area contributed by atoms with Crippen molar-refractivity contribution in [2.45, 2.75) is 19.9 Å². The molecule has 2 N–H and O–H groups in total. The van der Waals surface area contributed by atoms with Crippen molar-refractivity contribution in [3.8, 4) is 22.9 Å². The summed E-state index contributed by atoms with van der Waals surface area (Å²) < 4.78 is 12.9. The van der Waals surface area contributed by atoms with Crippen LogP contribution in [0.25, 0.3) is 11.4 Å². The highest BCUT2D eigenvalue weighted by molar-refractivity contribution is 5.62. The summed E-state index contributed by atoms with van der Waals surface area (Å²) in [6, 6.07) is 5.75. The predicted octanol–water partition coefficient (Wildman–Crippen LogP) is 2.51. The molecule has 0 saturated carbocycles. The van der Waals surface area contributed by atoms with Gasteiger partial charge in [0, 0.05) is 18.7 Å². The van der Waals surface area contributed by atoms with Gasteiger partial charge in [-0.2, -0.15) is 0 Å². The highest BCUT2D eigenvalue weighted by atomic mass is 16.5. The van der Waals surface area contributed by atoms with Crippen molar-refractivity contribution in [2.24, 2.45) is 12.8 Å². The number of aromatic nitrogens is 2. The molecule has 1 aromatic heterocycles. The largest absolute Gasteiger partial charge is 0.493 e. The van der Waals surface area contributed by atoms with Crippen molar-refractivity contribution in [1.82, 2.24) is 9.55 Å². The molecule has 0 bridgehead atoms. The monoisotopic (exact) mass is 275 g/mol. The summed E-state index contributed by atoms with van der Waals surface area (Å²) in [4.78, 5) is 4.45. The van der Waals surface area contributed by atoms with Gasteiger partial charge in [0.05, 0.1) is 25.6 Å². The van der Waals surface area contributed by atoms with E-state index in [1.807, 2.05) is 49.9 Å².